The van der Waals surface area contributed by atoms with Crippen LogP contribution in [0, 0.1) is 0 Å². The minimum Gasteiger partial charge on any atom is -0.455 e. The second kappa shape index (κ2) is 10.3. The van der Waals surface area contributed by atoms with Crippen molar-refractivity contribution in [3.8, 4) is 0 Å². The molecule has 0 saturated carbocycles. The highest BCUT2D eigenvalue weighted by Gasteiger charge is 2.21. The zero-order chi connectivity index (χ0) is 20.5. The first kappa shape index (κ1) is 21.2. The number of amides is 2. The van der Waals surface area contributed by atoms with E-state index in [2.05, 4.69) is 5.32 Å². The molecule has 2 rings (SSSR count). The van der Waals surface area contributed by atoms with Crippen molar-refractivity contribution in [1.29, 1.82) is 0 Å². The van der Waals surface area contributed by atoms with Crippen LogP contribution in [0.2, 0.25) is 0 Å². The second-order valence-electron chi connectivity index (χ2n) is 6.80. The molecule has 0 spiro atoms. The maximum absolute atomic E-state index is 12.5. The van der Waals surface area contributed by atoms with Crippen LogP contribution in [0.25, 0.3) is 0 Å². The van der Waals surface area contributed by atoms with Crippen LogP contribution in [0.5, 0.6) is 0 Å². The number of esters is 1. The molecule has 0 aliphatic heterocycles. The van der Waals surface area contributed by atoms with Crippen molar-refractivity contribution in [2.24, 2.45) is 0 Å². The van der Waals surface area contributed by atoms with Crippen LogP contribution in [-0.2, 0) is 14.3 Å². The molecule has 1 unspecified atom stereocenters. The average molecular weight is 382 g/mol. The molecule has 2 aromatic carbocycles. The van der Waals surface area contributed by atoms with Crippen LogP contribution >= 0.6 is 0 Å². The van der Waals surface area contributed by atoms with E-state index in [1.54, 1.807) is 36.1 Å². The summed E-state index contributed by atoms with van der Waals surface area (Å²) in [6, 6.07) is 17.5. The zero-order valence-electron chi connectivity index (χ0n) is 16.4. The highest BCUT2D eigenvalue weighted by Crippen LogP contribution is 2.16. The Bertz CT molecular complexity index is 791. The molecule has 0 aliphatic carbocycles. The van der Waals surface area contributed by atoms with Gasteiger partial charge in [0.05, 0.1) is 6.42 Å². The number of hydrogen-bond donors (Lipinski definition) is 1. The Morgan fingerprint density at radius 1 is 0.929 bits per heavy atom. The Morgan fingerprint density at radius 2 is 1.50 bits per heavy atom. The number of anilines is 1. The van der Waals surface area contributed by atoms with Crippen LogP contribution in [-0.4, -0.2) is 36.5 Å². The normalized spacial score (nSPS) is 11.6. The monoisotopic (exact) mass is 382 g/mol. The molecule has 6 heteroatoms. The third-order valence-electron chi connectivity index (χ3n) is 4.06. The molecular formula is C22H26N2O4. The summed E-state index contributed by atoms with van der Waals surface area (Å²) in [6.07, 6.45) is -0.0150. The van der Waals surface area contributed by atoms with Gasteiger partial charge in [-0.25, -0.2) is 0 Å². The Morgan fingerprint density at radius 3 is 2.07 bits per heavy atom. The number of nitrogens with zero attached hydrogens (tertiary/aromatic N) is 1. The van der Waals surface area contributed by atoms with Crippen LogP contribution in [0.4, 0.5) is 5.69 Å². The molecule has 0 fully saturated rings. The highest BCUT2D eigenvalue weighted by atomic mass is 16.5. The number of benzene rings is 2. The van der Waals surface area contributed by atoms with Crippen molar-refractivity contribution in [3.05, 3.63) is 66.2 Å². The Hall–Kier alpha value is -3.15. The molecule has 1 N–H and O–H groups in total. The second-order valence-corrected chi connectivity index (χ2v) is 6.80. The van der Waals surface area contributed by atoms with Gasteiger partial charge in [0.1, 0.15) is 0 Å². The molecule has 1 atom stereocenters. The van der Waals surface area contributed by atoms with Gasteiger partial charge in [-0.05, 0) is 45.0 Å². The van der Waals surface area contributed by atoms with Gasteiger partial charge in [0.25, 0.3) is 11.8 Å². The first-order valence-electron chi connectivity index (χ1n) is 9.27. The summed E-state index contributed by atoms with van der Waals surface area (Å²) in [5.74, 6) is -1.09. The summed E-state index contributed by atoms with van der Waals surface area (Å²) in [5, 5.41) is 2.75. The quantitative estimate of drug-likeness (QED) is 0.712. The lowest BCUT2D eigenvalue weighted by molar-refractivity contribution is -0.148. The first-order chi connectivity index (χ1) is 13.4. The summed E-state index contributed by atoms with van der Waals surface area (Å²) < 4.78 is 5.13. The number of para-hydroxylation sites is 1. The molecule has 28 heavy (non-hydrogen) atoms. The number of rotatable bonds is 8. The first-order valence-corrected chi connectivity index (χ1v) is 9.27. The maximum atomic E-state index is 12.5. The van der Waals surface area contributed by atoms with E-state index in [-0.39, 0.29) is 30.9 Å². The highest BCUT2D eigenvalue weighted by molar-refractivity contribution is 5.96. The fourth-order valence-electron chi connectivity index (χ4n) is 2.79. The van der Waals surface area contributed by atoms with E-state index in [9.17, 15) is 14.4 Å². The van der Waals surface area contributed by atoms with Crippen molar-refractivity contribution in [1.82, 2.24) is 5.32 Å². The molecular weight excluding hydrogens is 356 g/mol. The average Bonchev–Trinajstić information content (AvgIpc) is 2.67. The number of carbonyl (C=O) groups excluding carboxylic acids is 3. The van der Waals surface area contributed by atoms with E-state index in [1.165, 1.54) is 0 Å². The van der Waals surface area contributed by atoms with Crippen molar-refractivity contribution >= 4 is 23.5 Å². The molecule has 0 radical (unpaired) electrons. The zero-order valence-corrected chi connectivity index (χ0v) is 16.4. The predicted molar refractivity (Wildman–Crippen MR) is 108 cm³/mol. The third-order valence-corrected chi connectivity index (χ3v) is 4.06. The minimum atomic E-state index is -0.536. The molecule has 0 heterocycles. The fraction of sp³-hybridized carbons (Fsp3) is 0.318. The van der Waals surface area contributed by atoms with E-state index >= 15 is 0 Å². The smallest absolute Gasteiger partial charge is 0.308 e. The van der Waals surface area contributed by atoms with Crippen LogP contribution in [0.3, 0.4) is 0 Å². The number of carbonyl (C=O) groups is 3. The minimum absolute atomic E-state index is 0.0150. The summed E-state index contributed by atoms with van der Waals surface area (Å²) in [5.41, 5.74) is 1.27. The summed E-state index contributed by atoms with van der Waals surface area (Å²) >= 11 is 0. The lowest BCUT2D eigenvalue weighted by Gasteiger charge is -2.26. The van der Waals surface area contributed by atoms with Gasteiger partial charge < -0.3 is 15.0 Å². The van der Waals surface area contributed by atoms with Crippen LogP contribution < -0.4 is 10.2 Å². The van der Waals surface area contributed by atoms with Crippen molar-refractivity contribution < 1.29 is 19.1 Å². The van der Waals surface area contributed by atoms with Gasteiger partial charge in [-0.2, -0.15) is 0 Å². The third kappa shape index (κ3) is 6.23. The topological polar surface area (TPSA) is 75.7 Å². The summed E-state index contributed by atoms with van der Waals surface area (Å²) in [6.45, 7) is 5.17. The van der Waals surface area contributed by atoms with Crippen molar-refractivity contribution in [2.45, 2.75) is 39.3 Å². The van der Waals surface area contributed by atoms with Gasteiger partial charge in [0, 0.05) is 23.3 Å². The van der Waals surface area contributed by atoms with Gasteiger partial charge in [-0.3, -0.25) is 14.4 Å². The molecule has 6 nitrogen and oxygen atoms in total. The standard InChI is InChI=1S/C22H26N2O4/c1-16(2)24(19-12-8-5-9-13-19)20(25)15-28-21(26)14-17(3)23-22(27)18-10-6-4-7-11-18/h4-13,16-17H,14-15H2,1-3H3,(H,23,27). The summed E-state index contributed by atoms with van der Waals surface area (Å²) in [4.78, 5) is 38.3. The largest absolute Gasteiger partial charge is 0.455 e. The van der Waals surface area contributed by atoms with E-state index < -0.39 is 12.0 Å². The molecule has 0 saturated heterocycles. The van der Waals surface area contributed by atoms with E-state index in [1.807, 2.05) is 50.2 Å². The van der Waals surface area contributed by atoms with Crippen molar-refractivity contribution in [2.75, 3.05) is 11.5 Å². The number of nitrogens with one attached hydrogen (secondary N) is 1. The predicted octanol–water partition coefficient (Wildman–Crippen LogP) is 3.18. The van der Waals surface area contributed by atoms with Gasteiger partial charge >= 0.3 is 5.97 Å². The van der Waals surface area contributed by atoms with Crippen LogP contribution in [0.15, 0.2) is 60.7 Å². The molecule has 0 aliphatic rings. The van der Waals surface area contributed by atoms with E-state index in [4.69, 9.17) is 4.74 Å². The van der Waals surface area contributed by atoms with Crippen molar-refractivity contribution in [3.63, 3.8) is 0 Å². The number of ether oxygens (including phenoxy) is 1. The van der Waals surface area contributed by atoms with Crippen LogP contribution in [0.1, 0.15) is 37.6 Å². The van der Waals surface area contributed by atoms with E-state index in [0.717, 1.165) is 5.69 Å². The lowest BCUT2D eigenvalue weighted by Crippen LogP contribution is -2.40. The maximum Gasteiger partial charge on any atom is 0.308 e. The molecule has 0 aromatic heterocycles. The molecule has 2 aromatic rings. The Labute approximate surface area is 165 Å². The lowest BCUT2D eigenvalue weighted by atomic mass is 10.2. The molecule has 0 bridgehead atoms. The van der Waals surface area contributed by atoms with Gasteiger partial charge in [-0.1, -0.05) is 36.4 Å². The van der Waals surface area contributed by atoms with E-state index in [0.29, 0.717) is 5.56 Å². The van der Waals surface area contributed by atoms with Gasteiger partial charge in [0.15, 0.2) is 6.61 Å². The van der Waals surface area contributed by atoms with Gasteiger partial charge in [-0.15, -0.1) is 0 Å². The fourth-order valence-corrected chi connectivity index (χ4v) is 2.79. The SMILES string of the molecule is CC(CC(=O)OCC(=O)N(c1ccccc1)C(C)C)NC(=O)c1ccccc1. The Balaban J connectivity index is 1.83. The molecule has 2 amide bonds. The Kier molecular flexibility index (Phi) is 7.75. The molecule has 148 valence electrons. The van der Waals surface area contributed by atoms with Gasteiger partial charge in [0.2, 0.25) is 0 Å². The summed E-state index contributed by atoms with van der Waals surface area (Å²) in [7, 11) is 0. The number of hydrogen-bond acceptors (Lipinski definition) is 4.